The van der Waals surface area contributed by atoms with Crippen LogP contribution in [0.2, 0.25) is 5.02 Å². The fraction of sp³-hybridized carbons (Fsp3) is 0.368. The molecule has 0 bridgehead atoms. The van der Waals surface area contributed by atoms with Crippen molar-refractivity contribution in [2.24, 2.45) is 0 Å². The number of nitriles is 1. The summed E-state index contributed by atoms with van der Waals surface area (Å²) >= 11 is 6.06. The molecule has 8 heteroatoms. The lowest BCUT2D eigenvalue weighted by Crippen LogP contribution is -2.48. The average molecular weight is 383 g/mol. The summed E-state index contributed by atoms with van der Waals surface area (Å²) in [5, 5.41) is 18.1. The fourth-order valence-electron chi connectivity index (χ4n) is 3.65. The van der Waals surface area contributed by atoms with E-state index in [-0.39, 0.29) is 6.03 Å². The van der Waals surface area contributed by atoms with E-state index in [1.54, 1.807) is 12.3 Å². The van der Waals surface area contributed by atoms with E-state index in [4.69, 9.17) is 11.6 Å². The van der Waals surface area contributed by atoms with Gasteiger partial charge in [-0.1, -0.05) is 28.9 Å². The molecule has 7 nitrogen and oxygen atoms in total. The van der Waals surface area contributed by atoms with Gasteiger partial charge in [-0.3, -0.25) is 0 Å². The molecule has 1 fully saturated rings. The van der Waals surface area contributed by atoms with Gasteiger partial charge >= 0.3 is 6.03 Å². The molecule has 0 saturated carbocycles. The minimum absolute atomic E-state index is 0.0442. The molecule has 0 spiro atoms. The highest BCUT2D eigenvalue weighted by Crippen LogP contribution is 2.28. The lowest BCUT2D eigenvalue weighted by atomic mass is 9.94. The number of allylic oxidation sites excluding steroid dienone is 1. The van der Waals surface area contributed by atoms with Crippen LogP contribution in [-0.4, -0.2) is 50.5 Å². The van der Waals surface area contributed by atoms with Gasteiger partial charge < -0.3 is 9.80 Å². The van der Waals surface area contributed by atoms with Gasteiger partial charge in [-0.2, -0.15) is 5.26 Å². The van der Waals surface area contributed by atoms with Crippen molar-refractivity contribution in [2.45, 2.75) is 25.9 Å². The minimum Gasteiger partial charge on any atom is -0.324 e. The number of hydrogen-bond acceptors (Lipinski definition) is 4. The van der Waals surface area contributed by atoms with Crippen molar-refractivity contribution in [1.29, 1.82) is 5.26 Å². The molecule has 3 heterocycles. The molecular weight excluding hydrogens is 364 g/mol. The van der Waals surface area contributed by atoms with Crippen molar-refractivity contribution in [2.75, 3.05) is 19.6 Å². The van der Waals surface area contributed by atoms with Crippen LogP contribution in [0.4, 0.5) is 4.79 Å². The summed E-state index contributed by atoms with van der Waals surface area (Å²) in [6.07, 6.45) is 3.11. The Morgan fingerprint density at radius 2 is 1.96 bits per heavy atom. The molecule has 2 amide bonds. The maximum absolute atomic E-state index is 12.8. The molecule has 2 aliphatic rings. The van der Waals surface area contributed by atoms with Crippen molar-refractivity contribution in [3.8, 4) is 6.07 Å². The summed E-state index contributed by atoms with van der Waals surface area (Å²) in [5.74, 6) is 0. The predicted molar refractivity (Wildman–Crippen MR) is 101 cm³/mol. The first kappa shape index (κ1) is 17.6. The number of urea groups is 1. The molecule has 0 radical (unpaired) electrons. The molecule has 4 rings (SSSR count). The molecule has 2 aromatic rings. The number of hydrogen-bond donors (Lipinski definition) is 0. The van der Waals surface area contributed by atoms with Crippen LogP contribution in [0.1, 0.15) is 24.1 Å². The molecule has 1 saturated heterocycles. The van der Waals surface area contributed by atoms with Crippen LogP contribution in [0.25, 0.3) is 5.57 Å². The van der Waals surface area contributed by atoms with Gasteiger partial charge in [0.05, 0.1) is 36.6 Å². The number of amides is 2. The summed E-state index contributed by atoms with van der Waals surface area (Å²) in [5.41, 5.74) is 3.57. The second kappa shape index (κ2) is 7.41. The van der Waals surface area contributed by atoms with Crippen LogP contribution in [0.5, 0.6) is 0 Å². The van der Waals surface area contributed by atoms with E-state index >= 15 is 0 Å². The molecule has 138 valence electrons. The number of carbonyl (C=O) groups is 1. The number of aromatic nitrogens is 3. The molecular formula is C19H19ClN6O. The van der Waals surface area contributed by atoms with Crippen LogP contribution in [-0.2, 0) is 13.1 Å². The summed E-state index contributed by atoms with van der Waals surface area (Å²) < 4.78 is 1.84. The van der Waals surface area contributed by atoms with E-state index in [9.17, 15) is 10.1 Å². The number of halogens is 1. The van der Waals surface area contributed by atoms with Gasteiger partial charge in [0.1, 0.15) is 0 Å². The van der Waals surface area contributed by atoms with Gasteiger partial charge in [-0.05, 0) is 36.1 Å². The van der Waals surface area contributed by atoms with Crippen molar-refractivity contribution < 1.29 is 4.79 Å². The van der Waals surface area contributed by atoms with E-state index in [0.29, 0.717) is 56.2 Å². The van der Waals surface area contributed by atoms with Crippen molar-refractivity contribution in [3.63, 3.8) is 0 Å². The minimum atomic E-state index is 0.0442. The summed E-state index contributed by atoms with van der Waals surface area (Å²) in [4.78, 5) is 16.6. The van der Waals surface area contributed by atoms with E-state index in [1.807, 2.05) is 32.7 Å². The summed E-state index contributed by atoms with van der Waals surface area (Å²) in [7, 11) is 0. The third kappa shape index (κ3) is 3.53. The summed E-state index contributed by atoms with van der Waals surface area (Å²) in [6.45, 7) is 3.09. The van der Waals surface area contributed by atoms with Gasteiger partial charge in [0.25, 0.3) is 0 Å². The van der Waals surface area contributed by atoms with Gasteiger partial charge in [-0.25, -0.2) is 9.48 Å². The van der Waals surface area contributed by atoms with Crippen molar-refractivity contribution in [3.05, 3.63) is 52.3 Å². The van der Waals surface area contributed by atoms with Crippen LogP contribution in [0.15, 0.2) is 36.0 Å². The Morgan fingerprint density at radius 3 is 2.70 bits per heavy atom. The SMILES string of the molecule is N#CC(=C1CCN(C(=O)N2CCn3nncc3C2)CC1)c1cccc(Cl)c1. The fourth-order valence-corrected chi connectivity index (χ4v) is 3.84. The second-order valence-corrected chi connectivity index (χ2v) is 7.18. The Labute approximate surface area is 162 Å². The second-order valence-electron chi connectivity index (χ2n) is 6.74. The first-order chi connectivity index (χ1) is 13.2. The topological polar surface area (TPSA) is 78.0 Å². The molecule has 0 N–H and O–H groups in total. The zero-order valence-corrected chi connectivity index (χ0v) is 15.6. The maximum Gasteiger partial charge on any atom is 0.320 e. The highest BCUT2D eigenvalue weighted by atomic mass is 35.5. The molecule has 0 atom stereocenters. The molecule has 0 aliphatic carbocycles. The lowest BCUT2D eigenvalue weighted by Gasteiger charge is -2.35. The first-order valence-corrected chi connectivity index (χ1v) is 9.33. The number of likely N-dealkylation sites (tertiary alicyclic amines) is 1. The normalized spacial score (nSPS) is 16.7. The molecule has 0 unspecified atom stereocenters. The Balaban J connectivity index is 1.44. The predicted octanol–water partition coefficient (Wildman–Crippen LogP) is 2.94. The Kier molecular flexibility index (Phi) is 4.82. The van der Waals surface area contributed by atoms with Crippen LogP contribution in [0.3, 0.4) is 0 Å². The standard InChI is InChI=1S/C19H19ClN6O/c20-16-3-1-2-15(10-16)18(11-21)14-4-6-24(7-5-14)19(27)25-8-9-26-17(13-25)12-22-23-26/h1-3,10,12H,4-9,13H2. The Hall–Kier alpha value is -2.85. The monoisotopic (exact) mass is 382 g/mol. The smallest absolute Gasteiger partial charge is 0.320 e. The Morgan fingerprint density at radius 1 is 1.15 bits per heavy atom. The highest BCUT2D eigenvalue weighted by molar-refractivity contribution is 6.30. The van der Waals surface area contributed by atoms with Gasteiger partial charge in [0.15, 0.2) is 0 Å². The molecule has 27 heavy (non-hydrogen) atoms. The average Bonchev–Trinajstić information content (AvgIpc) is 3.16. The van der Waals surface area contributed by atoms with E-state index in [0.717, 1.165) is 16.8 Å². The quantitative estimate of drug-likeness (QED) is 0.710. The third-order valence-corrected chi connectivity index (χ3v) is 5.35. The lowest BCUT2D eigenvalue weighted by molar-refractivity contribution is 0.136. The van der Waals surface area contributed by atoms with Gasteiger partial charge in [-0.15, -0.1) is 5.10 Å². The largest absolute Gasteiger partial charge is 0.324 e. The van der Waals surface area contributed by atoms with Gasteiger partial charge in [0.2, 0.25) is 0 Å². The van der Waals surface area contributed by atoms with Crippen LogP contribution < -0.4 is 0 Å². The summed E-state index contributed by atoms with van der Waals surface area (Å²) in [6, 6.07) is 9.73. The Bertz CT molecular complexity index is 934. The van der Waals surface area contributed by atoms with Crippen molar-refractivity contribution in [1.82, 2.24) is 24.8 Å². The maximum atomic E-state index is 12.8. The van der Waals surface area contributed by atoms with Crippen LogP contribution >= 0.6 is 11.6 Å². The molecule has 1 aromatic heterocycles. The number of fused-ring (bicyclic) bond motifs is 1. The van der Waals surface area contributed by atoms with Crippen molar-refractivity contribution >= 4 is 23.2 Å². The van der Waals surface area contributed by atoms with Crippen LogP contribution in [0, 0.1) is 11.3 Å². The zero-order chi connectivity index (χ0) is 18.8. The third-order valence-electron chi connectivity index (χ3n) is 5.12. The van der Waals surface area contributed by atoms with E-state index in [1.165, 1.54) is 0 Å². The number of carbonyl (C=O) groups excluding carboxylic acids is 1. The number of rotatable bonds is 1. The van der Waals surface area contributed by atoms with Gasteiger partial charge in [0, 0.05) is 24.7 Å². The molecule has 2 aliphatic heterocycles. The molecule has 1 aromatic carbocycles. The first-order valence-electron chi connectivity index (χ1n) is 8.95. The number of piperidine rings is 1. The highest BCUT2D eigenvalue weighted by Gasteiger charge is 2.28. The number of nitrogens with zero attached hydrogens (tertiary/aromatic N) is 6. The van der Waals surface area contributed by atoms with E-state index in [2.05, 4.69) is 16.4 Å². The van der Waals surface area contributed by atoms with E-state index < -0.39 is 0 Å². The number of benzene rings is 1. The zero-order valence-electron chi connectivity index (χ0n) is 14.8.